The Morgan fingerprint density at radius 3 is 2.57 bits per heavy atom. The van der Waals surface area contributed by atoms with E-state index in [9.17, 15) is 9.59 Å². The SMILES string of the molecule is NC(=O)c1ccc(C(=O)N2CCC[C@H]2c2cn[nH]c2)cc1. The Labute approximate surface area is 121 Å². The lowest BCUT2D eigenvalue weighted by molar-refractivity contribution is 0.0735. The molecule has 1 atom stereocenters. The molecule has 1 aliphatic heterocycles. The number of carbonyl (C=O) groups is 2. The summed E-state index contributed by atoms with van der Waals surface area (Å²) in [7, 11) is 0. The molecular formula is C15H16N4O2. The van der Waals surface area contributed by atoms with Crippen molar-refractivity contribution in [2.45, 2.75) is 18.9 Å². The van der Waals surface area contributed by atoms with Crippen molar-refractivity contribution in [3.8, 4) is 0 Å². The van der Waals surface area contributed by atoms with Crippen LogP contribution in [-0.4, -0.2) is 33.5 Å². The number of likely N-dealkylation sites (tertiary alicyclic amines) is 1. The van der Waals surface area contributed by atoms with Crippen molar-refractivity contribution in [2.75, 3.05) is 6.54 Å². The Morgan fingerprint density at radius 2 is 1.95 bits per heavy atom. The van der Waals surface area contributed by atoms with E-state index in [1.807, 2.05) is 11.1 Å². The van der Waals surface area contributed by atoms with Crippen LogP contribution >= 0.6 is 0 Å². The van der Waals surface area contributed by atoms with Crippen molar-refractivity contribution in [2.24, 2.45) is 5.73 Å². The molecule has 2 amide bonds. The van der Waals surface area contributed by atoms with Gasteiger partial charge in [0.05, 0.1) is 12.2 Å². The first-order valence-electron chi connectivity index (χ1n) is 6.86. The van der Waals surface area contributed by atoms with Gasteiger partial charge in [-0.1, -0.05) is 0 Å². The third-order valence-electron chi connectivity index (χ3n) is 3.83. The summed E-state index contributed by atoms with van der Waals surface area (Å²) < 4.78 is 0. The quantitative estimate of drug-likeness (QED) is 0.894. The summed E-state index contributed by atoms with van der Waals surface area (Å²) in [6.45, 7) is 0.728. The number of hydrogen-bond acceptors (Lipinski definition) is 3. The predicted octanol–water partition coefficient (Wildman–Crippen LogP) is 1.49. The standard InChI is InChI=1S/C15H16N4O2/c16-14(20)10-3-5-11(6-4-10)15(21)19-7-1-2-13(19)12-8-17-18-9-12/h3-6,8-9,13H,1-2,7H2,(H2,16,20)(H,17,18)/t13-/m0/s1. The smallest absolute Gasteiger partial charge is 0.254 e. The van der Waals surface area contributed by atoms with Gasteiger partial charge in [0.1, 0.15) is 0 Å². The van der Waals surface area contributed by atoms with E-state index >= 15 is 0 Å². The number of benzene rings is 1. The van der Waals surface area contributed by atoms with E-state index in [4.69, 9.17) is 5.73 Å². The normalized spacial score (nSPS) is 17.9. The zero-order chi connectivity index (χ0) is 14.8. The lowest BCUT2D eigenvalue weighted by atomic mass is 10.1. The van der Waals surface area contributed by atoms with Crippen LogP contribution in [0.3, 0.4) is 0 Å². The van der Waals surface area contributed by atoms with Crippen LogP contribution in [0.25, 0.3) is 0 Å². The highest BCUT2D eigenvalue weighted by atomic mass is 16.2. The van der Waals surface area contributed by atoms with Crippen LogP contribution < -0.4 is 5.73 Å². The number of amides is 2. The number of primary amides is 1. The van der Waals surface area contributed by atoms with Gasteiger partial charge in [0.25, 0.3) is 5.91 Å². The lowest BCUT2D eigenvalue weighted by Crippen LogP contribution is -2.30. The van der Waals surface area contributed by atoms with Gasteiger partial charge in [-0.15, -0.1) is 0 Å². The van der Waals surface area contributed by atoms with E-state index in [0.29, 0.717) is 11.1 Å². The van der Waals surface area contributed by atoms with Crippen molar-refractivity contribution in [3.63, 3.8) is 0 Å². The average molecular weight is 284 g/mol. The molecule has 1 saturated heterocycles. The first-order valence-corrected chi connectivity index (χ1v) is 6.86. The molecule has 1 fully saturated rings. The average Bonchev–Trinajstić information content (AvgIpc) is 3.17. The number of hydrogen-bond donors (Lipinski definition) is 2. The second kappa shape index (κ2) is 5.40. The van der Waals surface area contributed by atoms with Crippen molar-refractivity contribution >= 4 is 11.8 Å². The third-order valence-corrected chi connectivity index (χ3v) is 3.83. The second-order valence-corrected chi connectivity index (χ2v) is 5.13. The zero-order valence-electron chi connectivity index (χ0n) is 11.5. The number of nitrogens with zero attached hydrogens (tertiary/aromatic N) is 2. The first-order chi connectivity index (χ1) is 10.2. The van der Waals surface area contributed by atoms with Gasteiger partial charge < -0.3 is 10.6 Å². The molecule has 0 aliphatic carbocycles. The summed E-state index contributed by atoms with van der Waals surface area (Å²) in [5.74, 6) is -0.527. The molecule has 6 nitrogen and oxygen atoms in total. The topological polar surface area (TPSA) is 92.1 Å². The summed E-state index contributed by atoms with van der Waals surface area (Å²) in [5, 5.41) is 6.74. The molecule has 1 aromatic heterocycles. The number of nitrogens with two attached hydrogens (primary N) is 1. The highest BCUT2D eigenvalue weighted by Gasteiger charge is 2.31. The predicted molar refractivity (Wildman–Crippen MR) is 76.6 cm³/mol. The van der Waals surface area contributed by atoms with E-state index in [-0.39, 0.29) is 11.9 Å². The van der Waals surface area contributed by atoms with Crippen LogP contribution in [-0.2, 0) is 0 Å². The van der Waals surface area contributed by atoms with Crippen LogP contribution in [0, 0.1) is 0 Å². The number of aromatic nitrogens is 2. The highest BCUT2D eigenvalue weighted by Crippen LogP contribution is 2.32. The fourth-order valence-electron chi connectivity index (χ4n) is 2.74. The molecule has 2 heterocycles. The molecule has 0 bridgehead atoms. The largest absolute Gasteiger partial charge is 0.366 e. The summed E-state index contributed by atoms with van der Waals surface area (Å²) in [4.78, 5) is 25.5. The van der Waals surface area contributed by atoms with Crippen molar-refractivity contribution in [1.29, 1.82) is 0 Å². The van der Waals surface area contributed by atoms with Gasteiger partial charge in [-0.3, -0.25) is 14.7 Å². The molecular weight excluding hydrogens is 268 g/mol. The number of aromatic amines is 1. The minimum atomic E-state index is -0.494. The van der Waals surface area contributed by atoms with Gasteiger partial charge in [0.15, 0.2) is 0 Å². The summed E-state index contributed by atoms with van der Waals surface area (Å²) in [5.41, 5.74) is 7.19. The Hall–Kier alpha value is -2.63. The number of rotatable bonds is 3. The van der Waals surface area contributed by atoms with Gasteiger partial charge in [-0.05, 0) is 37.1 Å². The van der Waals surface area contributed by atoms with Crippen LogP contribution in [0.5, 0.6) is 0 Å². The van der Waals surface area contributed by atoms with Crippen molar-refractivity contribution in [1.82, 2.24) is 15.1 Å². The second-order valence-electron chi connectivity index (χ2n) is 5.13. The molecule has 2 aromatic rings. The molecule has 0 unspecified atom stereocenters. The van der Waals surface area contributed by atoms with Crippen LogP contribution in [0.4, 0.5) is 0 Å². The number of nitrogens with one attached hydrogen (secondary N) is 1. The van der Waals surface area contributed by atoms with Crippen LogP contribution in [0.2, 0.25) is 0 Å². The molecule has 6 heteroatoms. The minimum Gasteiger partial charge on any atom is -0.366 e. The maximum atomic E-state index is 12.6. The Morgan fingerprint density at radius 1 is 1.24 bits per heavy atom. The highest BCUT2D eigenvalue weighted by molar-refractivity contribution is 5.97. The van der Waals surface area contributed by atoms with E-state index in [2.05, 4.69) is 10.2 Å². The Bertz CT molecular complexity index is 649. The van der Waals surface area contributed by atoms with Gasteiger partial charge in [0, 0.05) is 29.4 Å². The van der Waals surface area contributed by atoms with Crippen molar-refractivity contribution in [3.05, 3.63) is 53.3 Å². The van der Waals surface area contributed by atoms with Gasteiger partial charge in [-0.25, -0.2) is 0 Å². The molecule has 108 valence electrons. The summed E-state index contributed by atoms with van der Waals surface area (Å²) in [6, 6.07) is 6.52. The van der Waals surface area contributed by atoms with E-state index < -0.39 is 5.91 Å². The first kappa shape index (κ1) is 13.4. The molecule has 1 aromatic carbocycles. The molecule has 21 heavy (non-hydrogen) atoms. The molecule has 1 aliphatic rings. The number of H-pyrrole nitrogens is 1. The number of carbonyl (C=O) groups excluding carboxylic acids is 2. The van der Waals surface area contributed by atoms with Gasteiger partial charge in [0.2, 0.25) is 5.91 Å². The van der Waals surface area contributed by atoms with E-state index in [0.717, 1.165) is 24.9 Å². The maximum Gasteiger partial charge on any atom is 0.254 e. The van der Waals surface area contributed by atoms with Crippen LogP contribution in [0.15, 0.2) is 36.7 Å². The minimum absolute atomic E-state index is 0.0327. The lowest BCUT2D eigenvalue weighted by Gasteiger charge is -2.24. The third kappa shape index (κ3) is 2.52. The van der Waals surface area contributed by atoms with E-state index in [1.165, 1.54) is 0 Å². The summed E-state index contributed by atoms with van der Waals surface area (Å²) >= 11 is 0. The van der Waals surface area contributed by atoms with Gasteiger partial charge in [-0.2, -0.15) is 5.10 Å². The molecule has 0 radical (unpaired) electrons. The van der Waals surface area contributed by atoms with Crippen molar-refractivity contribution < 1.29 is 9.59 Å². The fourth-order valence-corrected chi connectivity index (χ4v) is 2.74. The fraction of sp³-hybridized carbons (Fsp3) is 0.267. The monoisotopic (exact) mass is 284 g/mol. The van der Waals surface area contributed by atoms with Crippen LogP contribution in [0.1, 0.15) is 45.2 Å². The zero-order valence-corrected chi connectivity index (χ0v) is 11.5. The molecule has 3 N–H and O–H groups in total. The molecule has 3 rings (SSSR count). The molecule has 0 spiro atoms. The molecule has 0 saturated carbocycles. The van der Waals surface area contributed by atoms with Gasteiger partial charge >= 0.3 is 0 Å². The van der Waals surface area contributed by atoms with E-state index in [1.54, 1.807) is 30.5 Å². The summed E-state index contributed by atoms with van der Waals surface area (Å²) in [6.07, 6.45) is 5.49. The Balaban J connectivity index is 1.82. The maximum absolute atomic E-state index is 12.6. The Kier molecular flexibility index (Phi) is 3.43.